The molecule has 0 N–H and O–H groups in total. The van der Waals surface area contributed by atoms with Crippen molar-refractivity contribution in [2.24, 2.45) is 0 Å². The highest BCUT2D eigenvalue weighted by molar-refractivity contribution is 6.39. The van der Waals surface area contributed by atoms with Crippen molar-refractivity contribution in [1.29, 1.82) is 0 Å². The smallest absolute Gasteiger partial charge is 0.153 e. The number of aldehydes is 1. The van der Waals surface area contributed by atoms with Gasteiger partial charge in [-0.2, -0.15) is 0 Å². The number of pyridine rings is 1. The van der Waals surface area contributed by atoms with Crippen molar-refractivity contribution in [2.75, 3.05) is 0 Å². The normalized spacial score (nSPS) is 10.3. The van der Waals surface area contributed by atoms with Gasteiger partial charge in [-0.25, -0.2) is 4.98 Å². The van der Waals surface area contributed by atoms with Crippen molar-refractivity contribution < 1.29 is 4.79 Å². The van der Waals surface area contributed by atoms with E-state index in [-0.39, 0.29) is 5.15 Å². The van der Waals surface area contributed by atoms with Crippen molar-refractivity contribution in [3.63, 3.8) is 0 Å². The Kier molecular flexibility index (Phi) is 3.67. The maximum absolute atomic E-state index is 10.8. The fourth-order valence-corrected chi connectivity index (χ4v) is 2.22. The fourth-order valence-electron chi connectivity index (χ4n) is 1.46. The molecule has 0 radical (unpaired) electrons. The first-order chi connectivity index (χ1) is 8.13. The van der Waals surface area contributed by atoms with Crippen LogP contribution in [0.3, 0.4) is 0 Å². The number of hydrogen-bond acceptors (Lipinski definition) is 2. The Hall–Kier alpha value is -1.09. The van der Waals surface area contributed by atoms with Gasteiger partial charge in [0, 0.05) is 27.4 Å². The van der Waals surface area contributed by atoms with Gasteiger partial charge in [0.25, 0.3) is 0 Å². The zero-order chi connectivity index (χ0) is 12.4. The Morgan fingerprint density at radius 2 is 1.76 bits per heavy atom. The van der Waals surface area contributed by atoms with Crippen LogP contribution in [0.5, 0.6) is 0 Å². The van der Waals surface area contributed by atoms with Crippen LogP contribution in [0.4, 0.5) is 0 Å². The second-order valence-electron chi connectivity index (χ2n) is 3.32. The molecule has 5 heteroatoms. The van der Waals surface area contributed by atoms with Crippen molar-refractivity contribution in [1.82, 2.24) is 4.98 Å². The van der Waals surface area contributed by atoms with E-state index >= 15 is 0 Å². The number of rotatable bonds is 2. The Morgan fingerprint density at radius 3 is 2.35 bits per heavy atom. The molecule has 0 bridgehead atoms. The van der Waals surface area contributed by atoms with Crippen LogP contribution in [-0.2, 0) is 0 Å². The predicted octanol–water partition coefficient (Wildman–Crippen LogP) is 4.52. The van der Waals surface area contributed by atoms with Crippen LogP contribution in [0.15, 0.2) is 30.5 Å². The Bertz CT molecular complexity index is 564. The van der Waals surface area contributed by atoms with Gasteiger partial charge in [0.15, 0.2) is 6.29 Å². The third kappa shape index (κ3) is 2.44. The van der Waals surface area contributed by atoms with Crippen molar-refractivity contribution in [3.05, 3.63) is 51.2 Å². The molecule has 0 amide bonds. The van der Waals surface area contributed by atoms with Crippen LogP contribution < -0.4 is 0 Å². The summed E-state index contributed by atoms with van der Waals surface area (Å²) in [5, 5.41) is 1.16. The van der Waals surface area contributed by atoms with Crippen molar-refractivity contribution >= 4 is 41.1 Å². The molecule has 0 atom stereocenters. The molecule has 2 aromatic rings. The molecule has 1 heterocycles. The van der Waals surface area contributed by atoms with E-state index in [4.69, 9.17) is 34.8 Å². The standard InChI is InChI=1S/C12H6Cl3NO/c13-9-2-1-3-10(14)11(9)7-4-8(6-17)12(15)16-5-7/h1-6H. The molecule has 0 saturated heterocycles. The number of hydrogen-bond donors (Lipinski definition) is 0. The number of aromatic nitrogens is 1. The first-order valence-corrected chi connectivity index (χ1v) is 5.82. The van der Waals surface area contributed by atoms with E-state index in [0.29, 0.717) is 33.0 Å². The number of nitrogens with zero attached hydrogens (tertiary/aromatic N) is 1. The van der Waals surface area contributed by atoms with E-state index < -0.39 is 0 Å². The maximum atomic E-state index is 10.8. The molecule has 1 aromatic heterocycles. The van der Waals surface area contributed by atoms with Crippen LogP contribution in [0.1, 0.15) is 10.4 Å². The van der Waals surface area contributed by atoms with Crippen LogP contribution in [0.25, 0.3) is 11.1 Å². The molecule has 0 aliphatic carbocycles. The monoisotopic (exact) mass is 285 g/mol. The van der Waals surface area contributed by atoms with Crippen LogP contribution in [-0.4, -0.2) is 11.3 Å². The van der Waals surface area contributed by atoms with Gasteiger partial charge in [-0.05, 0) is 18.2 Å². The lowest BCUT2D eigenvalue weighted by Crippen LogP contribution is -1.89. The Balaban J connectivity index is 2.65. The molecule has 2 nitrogen and oxygen atoms in total. The van der Waals surface area contributed by atoms with E-state index in [2.05, 4.69) is 4.98 Å². The molecule has 0 saturated carbocycles. The maximum Gasteiger partial charge on any atom is 0.153 e. The quantitative estimate of drug-likeness (QED) is 0.600. The summed E-state index contributed by atoms with van der Waals surface area (Å²) in [5.74, 6) is 0. The van der Waals surface area contributed by atoms with E-state index in [0.717, 1.165) is 0 Å². The van der Waals surface area contributed by atoms with Crippen molar-refractivity contribution in [2.45, 2.75) is 0 Å². The summed E-state index contributed by atoms with van der Waals surface area (Å²) in [7, 11) is 0. The predicted molar refractivity (Wildman–Crippen MR) is 70.1 cm³/mol. The molecule has 0 unspecified atom stereocenters. The topological polar surface area (TPSA) is 30.0 Å². The van der Waals surface area contributed by atoms with Gasteiger partial charge < -0.3 is 0 Å². The van der Waals surface area contributed by atoms with Gasteiger partial charge in [-0.15, -0.1) is 0 Å². The fraction of sp³-hybridized carbons (Fsp3) is 0. The van der Waals surface area contributed by atoms with Gasteiger partial charge in [0.05, 0.1) is 5.56 Å². The minimum Gasteiger partial charge on any atom is -0.298 e. The average molecular weight is 287 g/mol. The lowest BCUT2D eigenvalue weighted by atomic mass is 10.1. The SMILES string of the molecule is O=Cc1cc(-c2c(Cl)cccc2Cl)cnc1Cl. The number of carbonyl (C=O) groups excluding carboxylic acids is 1. The average Bonchev–Trinajstić information content (AvgIpc) is 2.31. The largest absolute Gasteiger partial charge is 0.298 e. The van der Waals surface area contributed by atoms with E-state index in [1.54, 1.807) is 24.3 Å². The van der Waals surface area contributed by atoms with Crippen molar-refractivity contribution in [3.8, 4) is 11.1 Å². The summed E-state index contributed by atoms with van der Waals surface area (Å²) < 4.78 is 0. The van der Waals surface area contributed by atoms with Gasteiger partial charge in [-0.1, -0.05) is 40.9 Å². The third-order valence-electron chi connectivity index (χ3n) is 2.24. The highest BCUT2D eigenvalue weighted by Crippen LogP contribution is 2.34. The zero-order valence-electron chi connectivity index (χ0n) is 8.45. The van der Waals surface area contributed by atoms with Crippen LogP contribution in [0, 0.1) is 0 Å². The second-order valence-corrected chi connectivity index (χ2v) is 4.49. The molecule has 86 valence electrons. The molecular weight excluding hydrogens is 280 g/mol. The summed E-state index contributed by atoms with van der Waals surface area (Å²) in [5.41, 5.74) is 1.61. The number of halogens is 3. The molecule has 0 spiro atoms. The molecule has 0 aliphatic heterocycles. The minimum atomic E-state index is 0.159. The Labute approximate surface area is 113 Å². The number of benzene rings is 1. The molecule has 1 aromatic carbocycles. The highest BCUT2D eigenvalue weighted by atomic mass is 35.5. The Morgan fingerprint density at radius 1 is 1.12 bits per heavy atom. The molecule has 2 rings (SSSR count). The van der Waals surface area contributed by atoms with Gasteiger partial charge in [-0.3, -0.25) is 4.79 Å². The summed E-state index contributed by atoms with van der Waals surface area (Å²) in [4.78, 5) is 14.7. The second kappa shape index (κ2) is 5.05. The minimum absolute atomic E-state index is 0.159. The molecule has 0 fully saturated rings. The van der Waals surface area contributed by atoms with Gasteiger partial charge in [0.2, 0.25) is 0 Å². The molecule has 0 aliphatic rings. The first-order valence-electron chi connectivity index (χ1n) is 4.68. The lowest BCUT2D eigenvalue weighted by molar-refractivity contribution is 0.112. The molecule has 17 heavy (non-hydrogen) atoms. The van der Waals surface area contributed by atoms with Crippen LogP contribution >= 0.6 is 34.8 Å². The van der Waals surface area contributed by atoms with E-state index in [1.165, 1.54) is 6.20 Å². The lowest BCUT2D eigenvalue weighted by Gasteiger charge is -2.07. The summed E-state index contributed by atoms with van der Waals surface area (Å²) >= 11 is 17.9. The number of carbonyl (C=O) groups is 1. The summed E-state index contributed by atoms with van der Waals surface area (Å²) in [6.07, 6.45) is 2.17. The molecular formula is C12H6Cl3NO. The van der Waals surface area contributed by atoms with E-state index in [1.807, 2.05) is 0 Å². The van der Waals surface area contributed by atoms with Crippen LogP contribution in [0.2, 0.25) is 15.2 Å². The highest BCUT2D eigenvalue weighted by Gasteiger charge is 2.10. The van der Waals surface area contributed by atoms with Gasteiger partial charge >= 0.3 is 0 Å². The zero-order valence-corrected chi connectivity index (χ0v) is 10.7. The first kappa shape index (κ1) is 12.4. The summed E-state index contributed by atoms with van der Waals surface area (Å²) in [6.45, 7) is 0. The van der Waals surface area contributed by atoms with Gasteiger partial charge in [0.1, 0.15) is 5.15 Å². The third-order valence-corrected chi connectivity index (χ3v) is 3.19. The summed E-state index contributed by atoms with van der Waals surface area (Å²) in [6, 6.07) is 6.80. The van der Waals surface area contributed by atoms with E-state index in [9.17, 15) is 4.79 Å².